The molecule has 0 aliphatic carbocycles. The van der Waals surface area contributed by atoms with Crippen molar-refractivity contribution in [3.05, 3.63) is 0 Å². The first-order valence-corrected chi connectivity index (χ1v) is 24.6. The van der Waals surface area contributed by atoms with Gasteiger partial charge < -0.3 is 39.4 Å². The summed E-state index contributed by atoms with van der Waals surface area (Å²) in [4.78, 5) is 12.7. The summed E-state index contributed by atoms with van der Waals surface area (Å²) < 4.78 is 22.8. The molecule has 0 radical (unpaired) electrons. The molecular weight excluding hydrogens is 721 g/mol. The Bertz CT molecular complexity index is 843. The lowest BCUT2D eigenvalue weighted by molar-refractivity contribution is -0.305. The molecule has 6 unspecified atom stereocenters. The number of carbonyl (C=O) groups excluding carboxylic acids is 1. The molecule has 9 heteroatoms. The van der Waals surface area contributed by atoms with Gasteiger partial charge >= 0.3 is 5.97 Å². The van der Waals surface area contributed by atoms with Gasteiger partial charge in [0.15, 0.2) is 6.29 Å². The van der Waals surface area contributed by atoms with Crippen molar-refractivity contribution in [2.45, 2.75) is 275 Å². The molecule has 6 atom stereocenters. The van der Waals surface area contributed by atoms with E-state index in [0.29, 0.717) is 13.0 Å². The van der Waals surface area contributed by atoms with E-state index in [0.717, 1.165) is 32.1 Å². The van der Waals surface area contributed by atoms with Crippen molar-refractivity contribution < 1.29 is 44.2 Å². The predicted molar refractivity (Wildman–Crippen MR) is 233 cm³/mol. The fourth-order valence-corrected chi connectivity index (χ4v) is 7.91. The number of hydrogen-bond donors (Lipinski definition) is 4. The smallest absolute Gasteiger partial charge is 0.306 e. The van der Waals surface area contributed by atoms with Crippen molar-refractivity contribution in [2.75, 3.05) is 26.4 Å². The maximum Gasteiger partial charge on any atom is 0.306 e. The van der Waals surface area contributed by atoms with Gasteiger partial charge in [0.05, 0.1) is 19.8 Å². The molecule has 0 aromatic heterocycles. The van der Waals surface area contributed by atoms with Crippen LogP contribution >= 0.6 is 0 Å². The molecule has 340 valence electrons. The summed E-state index contributed by atoms with van der Waals surface area (Å²) in [7, 11) is 0. The Morgan fingerprint density at radius 2 is 0.860 bits per heavy atom. The third-order valence-corrected chi connectivity index (χ3v) is 11.8. The van der Waals surface area contributed by atoms with Crippen LogP contribution in [0.4, 0.5) is 0 Å². The molecule has 0 saturated carbocycles. The van der Waals surface area contributed by atoms with Gasteiger partial charge in [0.2, 0.25) is 0 Å². The Balaban J connectivity index is 2.14. The van der Waals surface area contributed by atoms with Gasteiger partial charge in [-0.25, -0.2) is 0 Å². The van der Waals surface area contributed by atoms with Crippen LogP contribution in [0.2, 0.25) is 0 Å². The highest BCUT2D eigenvalue weighted by molar-refractivity contribution is 5.69. The summed E-state index contributed by atoms with van der Waals surface area (Å²) >= 11 is 0. The zero-order valence-corrected chi connectivity index (χ0v) is 37.4. The summed E-state index contributed by atoms with van der Waals surface area (Å²) in [5, 5.41) is 40.1. The summed E-state index contributed by atoms with van der Waals surface area (Å²) in [5.74, 6) is -0.309. The van der Waals surface area contributed by atoms with Gasteiger partial charge in [0.25, 0.3) is 0 Å². The minimum absolute atomic E-state index is 0.105. The Kier molecular flexibility index (Phi) is 38.6. The Labute approximate surface area is 351 Å². The molecule has 1 fully saturated rings. The third-order valence-electron chi connectivity index (χ3n) is 11.8. The van der Waals surface area contributed by atoms with Crippen LogP contribution in [0, 0.1) is 0 Å². The molecule has 1 saturated heterocycles. The van der Waals surface area contributed by atoms with E-state index in [4.69, 9.17) is 18.9 Å². The van der Waals surface area contributed by atoms with Crippen LogP contribution in [0.25, 0.3) is 0 Å². The zero-order chi connectivity index (χ0) is 41.4. The summed E-state index contributed by atoms with van der Waals surface area (Å²) in [6.07, 6.45) is 37.2. The van der Waals surface area contributed by atoms with E-state index in [1.54, 1.807) is 0 Å². The van der Waals surface area contributed by atoms with E-state index in [1.807, 2.05) is 0 Å². The molecule has 1 rings (SSSR count). The molecule has 0 amide bonds. The molecule has 0 spiro atoms. The van der Waals surface area contributed by atoms with Gasteiger partial charge in [0, 0.05) is 13.0 Å². The van der Waals surface area contributed by atoms with Gasteiger partial charge in [0.1, 0.15) is 30.5 Å². The van der Waals surface area contributed by atoms with Gasteiger partial charge in [-0.15, -0.1) is 0 Å². The highest BCUT2D eigenvalue weighted by atomic mass is 16.7. The molecule has 0 aromatic rings. The lowest BCUT2D eigenvalue weighted by Gasteiger charge is -2.39. The maximum atomic E-state index is 12.7. The van der Waals surface area contributed by atoms with E-state index in [2.05, 4.69) is 13.8 Å². The Morgan fingerprint density at radius 1 is 0.491 bits per heavy atom. The van der Waals surface area contributed by atoms with Gasteiger partial charge in [-0.1, -0.05) is 219 Å². The van der Waals surface area contributed by atoms with Crippen LogP contribution in [0.3, 0.4) is 0 Å². The number of rotatable bonds is 43. The minimum Gasteiger partial charge on any atom is -0.457 e. The van der Waals surface area contributed by atoms with Crippen molar-refractivity contribution >= 4 is 5.97 Å². The number of aliphatic hydroxyl groups is 4. The van der Waals surface area contributed by atoms with E-state index in [-0.39, 0.29) is 19.2 Å². The summed E-state index contributed by atoms with van der Waals surface area (Å²) in [6, 6.07) is 0. The minimum atomic E-state index is -1.53. The quantitative estimate of drug-likeness (QED) is 0.0350. The van der Waals surface area contributed by atoms with Crippen molar-refractivity contribution in [1.82, 2.24) is 0 Å². The van der Waals surface area contributed by atoms with Crippen molar-refractivity contribution in [3.8, 4) is 0 Å². The average Bonchev–Trinajstić information content (AvgIpc) is 3.21. The third kappa shape index (κ3) is 31.7. The molecule has 57 heavy (non-hydrogen) atoms. The van der Waals surface area contributed by atoms with Crippen LogP contribution in [0.5, 0.6) is 0 Å². The van der Waals surface area contributed by atoms with E-state index in [1.165, 1.54) is 186 Å². The summed E-state index contributed by atoms with van der Waals surface area (Å²) in [5.41, 5.74) is 0. The topological polar surface area (TPSA) is 135 Å². The molecule has 0 bridgehead atoms. The lowest BCUT2D eigenvalue weighted by atomic mass is 9.99. The van der Waals surface area contributed by atoms with Crippen LogP contribution in [0.1, 0.15) is 239 Å². The molecule has 4 N–H and O–H groups in total. The standard InChI is InChI=1S/C48H94O9/c1-3-5-7-9-11-13-15-16-17-18-19-20-21-22-23-24-25-26-28-30-32-34-36-38-54-40-42(41-55-48-47(53)46(52)45(51)43(39-49)57-48)56-44(50)37-35-33-31-29-27-14-12-10-8-6-4-2/h42-43,45-49,51-53H,3-41H2,1-2H3. The monoisotopic (exact) mass is 815 g/mol. The average molecular weight is 815 g/mol. The number of aliphatic hydroxyl groups excluding tert-OH is 4. The van der Waals surface area contributed by atoms with Gasteiger partial charge in [-0.2, -0.15) is 0 Å². The van der Waals surface area contributed by atoms with Crippen molar-refractivity contribution in [2.24, 2.45) is 0 Å². The fraction of sp³-hybridized carbons (Fsp3) is 0.979. The van der Waals surface area contributed by atoms with E-state index < -0.39 is 43.4 Å². The maximum absolute atomic E-state index is 12.7. The largest absolute Gasteiger partial charge is 0.457 e. The lowest BCUT2D eigenvalue weighted by Crippen LogP contribution is -2.59. The molecule has 9 nitrogen and oxygen atoms in total. The first-order valence-electron chi connectivity index (χ1n) is 24.6. The second-order valence-corrected chi connectivity index (χ2v) is 17.3. The molecule has 1 aliphatic heterocycles. The van der Waals surface area contributed by atoms with E-state index >= 15 is 0 Å². The van der Waals surface area contributed by atoms with Gasteiger partial charge in [-0.3, -0.25) is 4.79 Å². The Hall–Kier alpha value is -0.810. The van der Waals surface area contributed by atoms with Crippen LogP contribution in [-0.4, -0.2) is 89.6 Å². The van der Waals surface area contributed by atoms with Crippen LogP contribution < -0.4 is 0 Å². The van der Waals surface area contributed by atoms with Crippen LogP contribution in [0.15, 0.2) is 0 Å². The van der Waals surface area contributed by atoms with Crippen molar-refractivity contribution in [3.63, 3.8) is 0 Å². The highest BCUT2D eigenvalue weighted by Gasteiger charge is 2.44. The normalized spacial score (nSPS) is 20.3. The first kappa shape index (κ1) is 54.2. The molecular formula is C48H94O9. The SMILES string of the molecule is CCCCCCCCCCCCCCCCCCCCCCCCCOCC(COC1OC(CO)C(O)C(O)C1O)OC(=O)CCCCCCCCCCCCC. The molecule has 1 heterocycles. The second kappa shape index (κ2) is 40.6. The molecule has 1 aliphatic rings. The van der Waals surface area contributed by atoms with Crippen molar-refractivity contribution in [1.29, 1.82) is 0 Å². The number of hydrogen-bond acceptors (Lipinski definition) is 9. The number of unbranched alkanes of at least 4 members (excludes halogenated alkanes) is 32. The summed E-state index contributed by atoms with van der Waals surface area (Å²) in [6.45, 7) is 4.60. The van der Waals surface area contributed by atoms with E-state index in [9.17, 15) is 25.2 Å². The fourth-order valence-electron chi connectivity index (χ4n) is 7.91. The highest BCUT2D eigenvalue weighted by Crippen LogP contribution is 2.23. The van der Waals surface area contributed by atoms with Gasteiger partial charge in [-0.05, 0) is 12.8 Å². The Morgan fingerprint density at radius 3 is 1.25 bits per heavy atom. The number of ether oxygens (including phenoxy) is 4. The first-order chi connectivity index (χ1) is 27.9. The molecule has 0 aromatic carbocycles. The second-order valence-electron chi connectivity index (χ2n) is 17.3. The number of carbonyl (C=O) groups is 1. The van der Waals surface area contributed by atoms with Crippen LogP contribution in [-0.2, 0) is 23.7 Å². The number of esters is 1. The zero-order valence-electron chi connectivity index (χ0n) is 37.4. The predicted octanol–water partition coefficient (Wildman–Crippen LogP) is 11.4.